The molecule has 2 fully saturated rings. The van der Waals surface area contributed by atoms with Crippen molar-refractivity contribution in [2.24, 2.45) is 11.8 Å². The second kappa shape index (κ2) is 6.91. The van der Waals surface area contributed by atoms with Crippen LogP contribution in [0.25, 0.3) is 0 Å². The van der Waals surface area contributed by atoms with E-state index >= 15 is 0 Å². The number of carbonyl (C=O) groups excluding carboxylic acids is 2. The van der Waals surface area contributed by atoms with Crippen LogP contribution in [-0.4, -0.2) is 58.9 Å². The van der Waals surface area contributed by atoms with E-state index in [4.69, 9.17) is 5.11 Å². The third-order valence-corrected chi connectivity index (χ3v) is 4.43. The van der Waals surface area contributed by atoms with Gasteiger partial charge in [-0.1, -0.05) is 13.3 Å². The third-order valence-electron chi connectivity index (χ3n) is 4.43. The summed E-state index contributed by atoms with van der Waals surface area (Å²) in [7, 11) is 0. The van der Waals surface area contributed by atoms with E-state index in [1.807, 2.05) is 0 Å². The van der Waals surface area contributed by atoms with E-state index in [9.17, 15) is 14.4 Å². The minimum Gasteiger partial charge on any atom is -0.481 e. The molecule has 2 saturated heterocycles. The Morgan fingerprint density at radius 3 is 2.71 bits per heavy atom. The second-order valence-corrected chi connectivity index (χ2v) is 6.06. The Morgan fingerprint density at radius 1 is 1.29 bits per heavy atom. The highest BCUT2D eigenvalue weighted by molar-refractivity contribution is 5.89. The highest BCUT2D eigenvalue weighted by atomic mass is 16.4. The van der Waals surface area contributed by atoms with E-state index < -0.39 is 11.9 Å². The van der Waals surface area contributed by atoms with Crippen LogP contribution in [0.1, 0.15) is 39.0 Å². The average Bonchev–Trinajstić information content (AvgIpc) is 2.85. The van der Waals surface area contributed by atoms with Crippen molar-refractivity contribution in [2.75, 3.05) is 26.2 Å². The zero-order chi connectivity index (χ0) is 15.4. The van der Waals surface area contributed by atoms with Gasteiger partial charge in [-0.05, 0) is 19.3 Å². The van der Waals surface area contributed by atoms with Gasteiger partial charge < -0.3 is 14.9 Å². The summed E-state index contributed by atoms with van der Waals surface area (Å²) >= 11 is 0. The van der Waals surface area contributed by atoms with Gasteiger partial charge in [-0.2, -0.15) is 0 Å². The molecule has 2 unspecified atom stereocenters. The molecule has 2 aliphatic heterocycles. The molecule has 118 valence electrons. The molecule has 0 aromatic carbocycles. The molecule has 0 saturated carbocycles. The Balaban J connectivity index is 1.91. The van der Waals surface area contributed by atoms with Crippen LogP contribution in [0.2, 0.25) is 0 Å². The van der Waals surface area contributed by atoms with Gasteiger partial charge in [0.15, 0.2) is 0 Å². The molecule has 0 spiro atoms. The minimum absolute atomic E-state index is 0.0479. The molecule has 2 amide bonds. The maximum Gasteiger partial charge on any atom is 0.308 e. The highest BCUT2D eigenvalue weighted by Gasteiger charge is 2.38. The van der Waals surface area contributed by atoms with Gasteiger partial charge >= 0.3 is 5.97 Å². The SMILES string of the molecule is CCCCN1CC(C(=O)N2CCCC(C(=O)O)C2)CC1=O. The Bertz CT molecular complexity index is 424. The molecule has 21 heavy (non-hydrogen) atoms. The van der Waals surface area contributed by atoms with Crippen LogP contribution in [0, 0.1) is 11.8 Å². The van der Waals surface area contributed by atoms with Crippen LogP contribution in [0.4, 0.5) is 0 Å². The lowest BCUT2D eigenvalue weighted by molar-refractivity contribution is -0.146. The predicted octanol–water partition coefficient (Wildman–Crippen LogP) is 0.958. The van der Waals surface area contributed by atoms with Gasteiger partial charge in [0.25, 0.3) is 0 Å². The van der Waals surface area contributed by atoms with E-state index in [0.29, 0.717) is 19.5 Å². The highest BCUT2D eigenvalue weighted by Crippen LogP contribution is 2.24. The molecule has 0 aromatic rings. The number of piperidine rings is 1. The lowest BCUT2D eigenvalue weighted by Gasteiger charge is -2.32. The molecule has 2 rings (SSSR count). The summed E-state index contributed by atoms with van der Waals surface area (Å²) in [4.78, 5) is 38.9. The number of unbranched alkanes of at least 4 members (excludes halogenated alkanes) is 1. The van der Waals surface area contributed by atoms with Crippen LogP contribution in [0.15, 0.2) is 0 Å². The summed E-state index contributed by atoms with van der Waals surface area (Å²) in [5, 5.41) is 9.08. The molecule has 0 radical (unpaired) electrons. The number of hydrogen-bond acceptors (Lipinski definition) is 3. The van der Waals surface area contributed by atoms with Crippen LogP contribution >= 0.6 is 0 Å². The van der Waals surface area contributed by atoms with Crippen molar-refractivity contribution >= 4 is 17.8 Å². The van der Waals surface area contributed by atoms with Crippen molar-refractivity contribution in [1.29, 1.82) is 0 Å². The molecule has 2 aliphatic rings. The van der Waals surface area contributed by atoms with Crippen molar-refractivity contribution in [2.45, 2.75) is 39.0 Å². The Kier molecular flexibility index (Phi) is 5.20. The second-order valence-electron chi connectivity index (χ2n) is 6.06. The van der Waals surface area contributed by atoms with Gasteiger partial charge in [0.1, 0.15) is 0 Å². The summed E-state index contributed by atoms with van der Waals surface area (Å²) in [6.07, 6.45) is 3.61. The smallest absolute Gasteiger partial charge is 0.308 e. The molecule has 0 aromatic heterocycles. The van der Waals surface area contributed by atoms with Crippen molar-refractivity contribution < 1.29 is 19.5 Å². The summed E-state index contributed by atoms with van der Waals surface area (Å²) in [5.74, 6) is -1.58. The van der Waals surface area contributed by atoms with Crippen LogP contribution in [-0.2, 0) is 14.4 Å². The summed E-state index contributed by atoms with van der Waals surface area (Å²) in [6, 6.07) is 0. The first-order valence-electron chi connectivity index (χ1n) is 7.82. The fraction of sp³-hybridized carbons (Fsp3) is 0.800. The van der Waals surface area contributed by atoms with E-state index in [0.717, 1.165) is 25.8 Å². The maximum absolute atomic E-state index is 12.5. The first kappa shape index (κ1) is 15.8. The fourth-order valence-corrected chi connectivity index (χ4v) is 3.14. The van der Waals surface area contributed by atoms with Crippen molar-refractivity contribution in [3.63, 3.8) is 0 Å². The first-order chi connectivity index (χ1) is 10.0. The van der Waals surface area contributed by atoms with Gasteiger partial charge in [0.05, 0.1) is 11.8 Å². The standard InChI is InChI=1S/C15H24N2O4/c1-2-3-6-16-10-12(8-13(16)18)14(19)17-7-4-5-11(9-17)15(20)21/h11-12H,2-10H2,1H3,(H,20,21). The maximum atomic E-state index is 12.5. The predicted molar refractivity (Wildman–Crippen MR) is 76.5 cm³/mol. The van der Waals surface area contributed by atoms with E-state index in [1.54, 1.807) is 9.80 Å². The van der Waals surface area contributed by atoms with Gasteiger partial charge in [0.2, 0.25) is 11.8 Å². The number of carbonyl (C=O) groups is 3. The number of carboxylic acids is 1. The number of carboxylic acid groups (broad SMARTS) is 1. The number of amides is 2. The van der Waals surface area contributed by atoms with Gasteiger partial charge in [-0.3, -0.25) is 14.4 Å². The fourth-order valence-electron chi connectivity index (χ4n) is 3.14. The quantitative estimate of drug-likeness (QED) is 0.819. The summed E-state index contributed by atoms with van der Waals surface area (Å²) in [6.45, 7) is 4.18. The Labute approximate surface area is 125 Å². The lowest BCUT2D eigenvalue weighted by Crippen LogP contribution is -2.45. The van der Waals surface area contributed by atoms with Crippen molar-refractivity contribution in [3.8, 4) is 0 Å². The molecule has 6 heteroatoms. The van der Waals surface area contributed by atoms with Crippen molar-refractivity contribution in [3.05, 3.63) is 0 Å². The summed E-state index contributed by atoms with van der Waals surface area (Å²) < 4.78 is 0. The summed E-state index contributed by atoms with van der Waals surface area (Å²) in [5.41, 5.74) is 0. The third kappa shape index (κ3) is 3.74. The molecule has 6 nitrogen and oxygen atoms in total. The molecular formula is C15H24N2O4. The van der Waals surface area contributed by atoms with Gasteiger partial charge in [-0.15, -0.1) is 0 Å². The number of nitrogens with zero attached hydrogens (tertiary/aromatic N) is 2. The first-order valence-corrected chi connectivity index (χ1v) is 7.82. The molecule has 1 N–H and O–H groups in total. The van der Waals surface area contributed by atoms with E-state index in [1.165, 1.54) is 0 Å². The van der Waals surface area contributed by atoms with Gasteiger partial charge in [0, 0.05) is 32.6 Å². The van der Waals surface area contributed by atoms with Crippen LogP contribution in [0.3, 0.4) is 0 Å². The molecule has 2 heterocycles. The number of hydrogen-bond donors (Lipinski definition) is 1. The molecular weight excluding hydrogens is 272 g/mol. The zero-order valence-electron chi connectivity index (χ0n) is 12.6. The molecule has 2 atom stereocenters. The minimum atomic E-state index is -0.834. The van der Waals surface area contributed by atoms with E-state index in [-0.39, 0.29) is 30.7 Å². The van der Waals surface area contributed by atoms with Crippen LogP contribution in [0.5, 0.6) is 0 Å². The van der Waals surface area contributed by atoms with Crippen molar-refractivity contribution in [1.82, 2.24) is 9.80 Å². The molecule has 0 aliphatic carbocycles. The number of rotatable bonds is 5. The number of aliphatic carboxylic acids is 1. The Hall–Kier alpha value is -1.59. The normalized spacial score (nSPS) is 26.2. The largest absolute Gasteiger partial charge is 0.481 e. The Morgan fingerprint density at radius 2 is 2.05 bits per heavy atom. The number of likely N-dealkylation sites (tertiary alicyclic amines) is 2. The van der Waals surface area contributed by atoms with Gasteiger partial charge in [-0.25, -0.2) is 0 Å². The topological polar surface area (TPSA) is 77.9 Å². The molecule has 0 bridgehead atoms. The monoisotopic (exact) mass is 296 g/mol. The lowest BCUT2D eigenvalue weighted by atomic mass is 9.96. The average molecular weight is 296 g/mol. The van der Waals surface area contributed by atoms with E-state index in [2.05, 4.69) is 6.92 Å². The van der Waals surface area contributed by atoms with Crippen LogP contribution < -0.4 is 0 Å². The zero-order valence-corrected chi connectivity index (χ0v) is 12.6.